The molecule has 2 rings (SSSR count). The first kappa shape index (κ1) is 9.50. The molecule has 1 nitrogen and oxygen atoms in total. The molecule has 1 atom stereocenters. The third-order valence-corrected chi connectivity index (χ3v) is 3.27. The largest absolute Gasteiger partial charge is 0.308 e. The zero-order chi connectivity index (χ0) is 9.26. The molecule has 0 amide bonds. The van der Waals surface area contributed by atoms with Crippen LogP contribution in [0.15, 0.2) is 22.7 Å². The van der Waals surface area contributed by atoms with E-state index in [1.54, 1.807) is 0 Å². The van der Waals surface area contributed by atoms with Crippen LogP contribution in [0.3, 0.4) is 0 Å². The molecule has 0 aromatic heterocycles. The molecular weight excluding hydrogens is 249 g/mol. The number of hydrogen-bond donors (Lipinski definition) is 1. The van der Waals surface area contributed by atoms with Crippen molar-refractivity contribution in [1.82, 2.24) is 5.32 Å². The fourth-order valence-electron chi connectivity index (χ4n) is 1.66. The van der Waals surface area contributed by atoms with Gasteiger partial charge in [-0.1, -0.05) is 22.0 Å². The first-order chi connectivity index (χ1) is 6.29. The molecule has 1 heterocycles. The molecule has 0 aliphatic carbocycles. The highest BCUT2D eigenvalue weighted by Crippen LogP contribution is 2.21. The van der Waals surface area contributed by atoms with Crippen LogP contribution in [0.2, 0.25) is 0 Å². The Hall–Kier alpha value is -0.0500. The normalized spacial score (nSPS) is 21.2. The van der Waals surface area contributed by atoms with Crippen molar-refractivity contribution in [3.8, 4) is 0 Å². The predicted octanol–water partition coefficient (Wildman–Crippen LogP) is 2.70. The number of nitrogens with one attached hydrogen (secondary N) is 1. The molecule has 0 saturated carbocycles. The van der Waals surface area contributed by atoms with Crippen LogP contribution in [-0.4, -0.2) is 11.9 Å². The van der Waals surface area contributed by atoms with E-state index in [1.807, 2.05) is 0 Å². The van der Waals surface area contributed by atoms with Crippen molar-refractivity contribution in [3.05, 3.63) is 33.8 Å². The van der Waals surface area contributed by atoms with Gasteiger partial charge in [0.15, 0.2) is 0 Å². The maximum atomic E-state index is 5.81. The number of halogens is 2. The van der Waals surface area contributed by atoms with Gasteiger partial charge in [-0.2, -0.15) is 0 Å². The maximum Gasteiger partial charge on any atom is 0.0380 e. The van der Waals surface area contributed by atoms with Gasteiger partial charge in [-0.05, 0) is 29.7 Å². The molecular formula is C10H11BrClN. The number of alkyl halides is 1. The summed E-state index contributed by atoms with van der Waals surface area (Å²) in [5, 5.41) is 3.40. The summed E-state index contributed by atoms with van der Waals surface area (Å²) in [6.07, 6.45) is 1.04. The molecule has 70 valence electrons. The topological polar surface area (TPSA) is 12.0 Å². The Bertz CT molecular complexity index is 314. The molecule has 13 heavy (non-hydrogen) atoms. The molecule has 1 N–H and O–H groups in total. The molecule has 0 fully saturated rings. The number of benzene rings is 1. The fraction of sp³-hybridized carbons (Fsp3) is 0.400. The van der Waals surface area contributed by atoms with Crippen molar-refractivity contribution in [1.29, 1.82) is 0 Å². The molecule has 0 radical (unpaired) electrons. The van der Waals surface area contributed by atoms with Gasteiger partial charge in [0, 0.05) is 22.9 Å². The summed E-state index contributed by atoms with van der Waals surface area (Å²) in [5.41, 5.74) is 2.81. The summed E-state index contributed by atoms with van der Waals surface area (Å²) >= 11 is 9.29. The first-order valence-electron chi connectivity index (χ1n) is 4.36. The van der Waals surface area contributed by atoms with Crippen LogP contribution < -0.4 is 5.32 Å². The average molecular weight is 261 g/mol. The molecule has 1 aromatic rings. The summed E-state index contributed by atoms with van der Waals surface area (Å²) in [7, 11) is 0. The lowest BCUT2D eigenvalue weighted by molar-refractivity contribution is 0.518. The van der Waals surface area contributed by atoms with Crippen LogP contribution in [0.1, 0.15) is 11.1 Å². The van der Waals surface area contributed by atoms with E-state index in [9.17, 15) is 0 Å². The van der Waals surface area contributed by atoms with Crippen LogP contribution >= 0.6 is 27.5 Å². The van der Waals surface area contributed by atoms with Crippen LogP contribution in [-0.2, 0) is 13.0 Å². The summed E-state index contributed by atoms with van der Waals surface area (Å²) in [4.78, 5) is 0. The lowest BCUT2D eigenvalue weighted by Crippen LogP contribution is -2.36. The number of rotatable bonds is 1. The van der Waals surface area contributed by atoms with Gasteiger partial charge in [0.25, 0.3) is 0 Å². The summed E-state index contributed by atoms with van der Waals surface area (Å²) < 4.78 is 1.15. The highest BCUT2D eigenvalue weighted by molar-refractivity contribution is 9.10. The molecule has 3 heteroatoms. The molecule has 1 aliphatic rings. The Morgan fingerprint density at radius 2 is 2.31 bits per heavy atom. The van der Waals surface area contributed by atoms with E-state index >= 15 is 0 Å². The Balaban J connectivity index is 2.27. The van der Waals surface area contributed by atoms with E-state index in [0.29, 0.717) is 11.9 Å². The molecule has 0 bridgehead atoms. The summed E-state index contributed by atoms with van der Waals surface area (Å²) in [6, 6.07) is 6.87. The predicted molar refractivity (Wildman–Crippen MR) is 59.2 cm³/mol. The Kier molecular flexibility index (Phi) is 2.92. The van der Waals surface area contributed by atoms with Gasteiger partial charge in [-0.15, -0.1) is 11.6 Å². The van der Waals surface area contributed by atoms with Crippen LogP contribution in [0, 0.1) is 0 Å². The SMILES string of the molecule is ClCC1Cc2cc(Br)ccc2CN1. The summed E-state index contributed by atoms with van der Waals surface area (Å²) in [5.74, 6) is 0.686. The molecule has 1 aromatic carbocycles. The molecule has 0 spiro atoms. The smallest absolute Gasteiger partial charge is 0.0380 e. The van der Waals surface area contributed by atoms with E-state index in [1.165, 1.54) is 11.1 Å². The van der Waals surface area contributed by atoms with Crippen LogP contribution in [0.5, 0.6) is 0 Å². The minimum atomic E-state index is 0.434. The van der Waals surface area contributed by atoms with Crippen molar-refractivity contribution in [2.24, 2.45) is 0 Å². The van der Waals surface area contributed by atoms with E-state index < -0.39 is 0 Å². The molecule has 0 saturated heterocycles. The molecule has 1 aliphatic heterocycles. The van der Waals surface area contributed by atoms with E-state index in [0.717, 1.165) is 17.4 Å². The van der Waals surface area contributed by atoms with Crippen molar-refractivity contribution in [2.45, 2.75) is 19.0 Å². The van der Waals surface area contributed by atoms with Crippen molar-refractivity contribution in [3.63, 3.8) is 0 Å². The third kappa shape index (κ3) is 2.06. The quantitative estimate of drug-likeness (QED) is 0.766. The highest BCUT2D eigenvalue weighted by atomic mass is 79.9. The second-order valence-corrected chi connectivity index (χ2v) is 4.57. The van der Waals surface area contributed by atoms with Gasteiger partial charge in [0.05, 0.1) is 0 Å². The lowest BCUT2D eigenvalue weighted by atomic mass is 9.97. The van der Waals surface area contributed by atoms with Gasteiger partial charge in [0.1, 0.15) is 0 Å². The Morgan fingerprint density at radius 3 is 3.08 bits per heavy atom. The standard InChI is InChI=1S/C10H11BrClN/c11-9-2-1-7-6-13-10(5-12)4-8(7)3-9/h1-3,10,13H,4-6H2. The second-order valence-electron chi connectivity index (χ2n) is 3.35. The second kappa shape index (κ2) is 3.99. The average Bonchev–Trinajstić information content (AvgIpc) is 2.16. The molecule has 1 unspecified atom stereocenters. The zero-order valence-corrected chi connectivity index (χ0v) is 9.53. The van der Waals surface area contributed by atoms with Gasteiger partial charge in [0.2, 0.25) is 0 Å². The Labute approximate surface area is 91.6 Å². The van der Waals surface area contributed by atoms with Crippen molar-refractivity contribution in [2.75, 3.05) is 5.88 Å². The van der Waals surface area contributed by atoms with Gasteiger partial charge >= 0.3 is 0 Å². The van der Waals surface area contributed by atoms with E-state index in [2.05, 4.69) is 39.4 Å². The van der Waals surface area contributed by atoms with Crippen LogP contribution in [0.4, 0.5) is 0 Å². The lowest BCUT2D eigenvalue weighted by Gasteiger charge is -2.24. The van der Waals surface area contributed by atoms with E-state index in [4.69, 9.17) is 11.6 Å². The fourth-order valence-corrected chi connectivity index (χ4v) is 2.28. The van der Waals surface area contributed by atoms with Crippen molar-refractivity contribution < 1.29 is 0 Å². The first-order valence-corrected chi connectivity index (χ1v) is 5.69. The van der Waals surface area contributed by atoms with Crippen LogP contribution in [0.25, 0.3) is 0 Å². The third-order valence-electron chi connectivity index (χ3n) is 2.40. The monoisotopic (exact) mass is 259 g/mol. The van der Waals surface area contributed by atoms with Crippen molar-refractivity contribution >= 4 is 27.5 Å². The minimum Gasteiger partial charge on any atom is -0.308 e. The Morgan fingerprint density at radius 1 is 1.46 bits per heavy atom. The summed E-state index contributed by atoms with van der Waals surface area (Å²) in [6.45, 7) is 0.944. The van der Waals surface area contributed by atoms with Gasteiger partial charge < -0.3 is 5.32 Å². The van der Waals surface area contributed by atoms with E-state index in [-0.39, 0.29) is 0 Å². The van der Waals surface area contributed by atoms with Gasteiger partial charge in [-0.25, -0.2) is 0 Å². The van der Waals surface area contributed by atoms with Gasteiger partial charge in [-0.3, -0.25) is 0 Å². The maximum absolute atomic E-state index is 5.81. The zero-order valence-electron chi connectivity index (χ0n) is 7.19. The number of fused-ring (bicyclic) bond motifs is 1. The number of hydrogen-bond acceptors (Lipinski definition) is 1. The minimum absolute atomic E-state index is 0.434. The highest BCUT2D eigenvalue weighted by Gasteiger charge is 2.16.